The van der Waals surface area contributed by atoms with Crippen LogP contribution >= 0.6 is 34.7 Å². The molecule has 6 heteroatoms. The summed E-state index contributed by atoms with van der Waals surface area (Å²) in [5, 5.41) is 8.72. The molecule has 0 radical (unpaired) electrons. The molecule has 17 heavy (non-hydrogen) atoms. The van der Waals surface area contributed by atoms with E-state index in [4.69, 9.17) is 17.3 Å². The molecule has 1 heterocycles. The summed E-state index contributed by atoms with van der Waals surface area (Å²) in [6.07, 6.45) is 0. The predicted octanol–water partition coefficient (Wildman–Crippen LogP) is 3.37. The fraction of sp³-hybridized carbons (Fsp3) is 0.273. The van der Waals surface area contributed by atoms with E-state index in [1.165, 1.54) is 11.3 Å². The van der Waals surface area contributed by atoms with Gasteiger partial charge in [0.2, 0.25) is 0 Å². The van der Waals surface area contributed by atoms with Crippen molar-refractivity contribution in [1.82, 2.24) is 10.2 Å². The van der Waals surface area contributed by atoms with Crippen LogP contribution in [0.2, 0.25) is 5.02 Å². The summed E-state index contributed by atoms with van der Waals surface area (Å²) in [5.41, 5.74) is 8.87. The zero-order valence-electron chi connectivity index (χ0n) is 9.21. The quantitative estimate of drug-likeness (QED) is 0.875. The van der Waals surface area contributed by atoms with E-state index in [1.54, 1.807) is 17.3 Å². The molecule has 2 N–H and O–H groups in total. The van der Waals surface area contributed by atoms with E-state index in [1.807, 2.05) is 31.2 Å². The number of nitrogens with zero attached hydrogens (tertiary/aromatic N) is 2. The number of aromatic nitrogens is 2. The van der Waals surface area contributed by atoms with Crippen molar-refractivity contribution < 1.29 is 0 Å². The first kappa shape index (κ1) is 12.8. The van der Waals surface area contributed by atoms with Gasteiger partial charge in [0.25, 0.3) is 0 Å². The third kappa shape index (κ3) is 3.42. The summed E-state index contributed by atoms with van der Waals surface area (Å²) in [4.78, 5) is 0. The summed E-state index contributed by atoms with van der Waals surface area (Å²) in [6, 6.07) is 7.80. The molecule has 1 aromatic heterocycles. The van der Waals surface area contributed by atoms with Crippen molar-refractivity contribution in [3.63, 3.8) is 0 Å². The van der Waals surface area contributed by atoms with E-state index < -0.39 is 0 Å². The summed E-state index contributed by atoms with van der Waals surface area (Å²) >= 11 is 9.15. The summed E-state index contributed by atoms with van der Waals surface area (Å²) in [6.45, 7) is 1.99. The van der Waals surface area contributed by atoms with Crippen LogP contribution in [0.1, 0.15) is 17.7 Å². The largest absolute Gasteiger partial charge is 0.327 e. The number of benzene rings is 1. The highest BCUT2D eigenvalue weighted by Gasteiger charge is 2.19. The van der Waals surface area contributed by atoms with Crippen LogP contribution in [0.25, 0.3) is 0 Å². The summed E-state index contributed by atoms with van der Waals surface area (Å²) in [7, 11) is 0. The maximum absolute atomic E-state index is 6.03. The Morgan fingerprint density at radius 2 is 2.29 bits per heavy atom. The van der Waals surface area contributed by atoms with Crippen molar-refractivity contribution in [2.75, 3.05) is 0 Å². The van der Waals surface area contributed by atoms with Crippen molar-refractivity contribution in [2.24, 2.45) is 5.73 Å². The van der Waals surface area contributed by atoms with Crippen LogP contribution in [0, 0.1) is 0 Å². The van der Waals surface area contributed by atoms with Crippen LogP contribution in [0.15, 0.2) is 34.1 Å². The van der Waals surface area contributed by atoms with Crippen LogP contribution in [0.4, 0.5) is 0 Å². The van der Waals surface area contributed by atoms with Gasteiger partial charge in [0.15, 0.2) is 4.34 Å². The molecule has 0 saturated carbocycles. The zero-order valence-corrected chi connectivity index (χ0v) is 11.6. The highest BCUT2D eigenvalue weighted by Crippen LogP contribution is 2.38. The van der Waals surface area contributed by atoms with E-state index in [0.29, 0.717) is 0 Å². The second-order valence-corrected chi connectivity index (χ2v) is 6.32. The molecule has 0 bridgehead atoms. The normalized spacial score (nSPS) is 14.5. The first-order valence-electron chi connectivity index (χ1n) is 5.10. The zero-order chi connectivity index (χ0) is 12.3. The number of rotatable bonds is 4. The molecule has 2 aromatic rings. The lowest BCUT2D eigenvalue weighted by molar-refractivity contribution is 0.720. The minimum atomic E-state index is 0.0161. The Bertz CT molecular complexity index is 473. The fourth-order valence-corrected chi connectivity index (χ4v) is 3.43. The standard InChI is InChI=1S/C11H12ClN3S2/c1-7(13)10(17-11-15-14-6-16-11)8-3-2-4-9(12)5-8/h2-7,10H,13H2,1H3. The molecule has 0 aliphatic heterocycles. The Hall–Kier alpha value is -0.620. The lowest BCUT2D eigenvalue weighted by atomic mass is 10.1. The molecule has 0 saturated heterocycles. The van der Waals surface area contributed by atoms with Crippen LogP contribution < -0.4 is 5.73 Å². The molecule has 90 valence electrons. The van der Waals surface area contributed by atoms with Gasteiger partial charge in [-0.3, -0.25) is 0 Å². The molecule has 3 nitrogen and oxygen atoms in total. The van der Waals surface area contributed by atoms with E-state index in [9.17, 15) is 0 Å². The summed E-state index contributed by atoms with van der Waals surface area (Å²) < 4.78 is 0.923. The van der Waals surface area contributed by atoms with Gasteiger partial charge in [0, 0.05) is 11.1 Å². The Balaban J connectivity index is 2.23. The average Bonchev–Trinajstić information content (AvgIpc) is 2.78. The number of nitrogens with two attached hydrogens (primary N) is 1. The highest BCUT2D eigenvalue weighted by molar-refractivity contribution is 8.01. The first-order valence-corrected chi connectivity index (χ1v) is 7.24. The van der Waals surface area contributed by atoms with Gasteiger partial charge in [0.05, 0.1) is 5.25 Å². The molecule has 0 amide bonds. The Morgan fingerprint density at radius 3 is 2.88 bits per heavy atom. The van der Waals surface area contributed by atoms with Crippen molar-refractivity contribution in [3.8, 4) is 0 Å². The number of thioether (sulfide) groups is 1. The van der Waals surface area contributed by atoms with E-state index in [-0.39, 0.29) is 11.3 Å². The third-order valence-electron chi connectivity index (χ3n) is 2.22. The molecular formula is C11H12ClN3S2. The molecule has 2 unspecified atom stereocenters. The van der Waals surface area contributed by atoms with Crippen LogP contribution in [-0.2, 0) is 0 Å². The molecule has 0 aliphatic rings. The Morgan fingerprint density at radius 1 is 1.47 bits per heavy atom. The van der Waals surface area contributed by atoms with E-state index in [2.05, 4.69) is 10.2 Å². The smallest absolute Gasteiger partial charge is 0.174 e. The van der Waals surface area contributed by atoms with Gasteiger partial charge in [-0.05, 0) is 24.6 Å². The van der Waals surface area contributed by atoms with Gasteiger partial charge < -0.3 is 5.73 Å². The number of hydrogen-bond donors (Lipinski definition) is 1. The van der Waals surface area contributed by atoms with Crippen molar-refractivity contribution in [2.45, 2.75) is 22.6 Å². The Kier molecular flexibility index (Phi) is 4.39. The van der Waals surface area contributed by atoms with Crippen LogP contribution in [0.3, 0.4) is 0 Å². The van der Waals surface area contributed by atoms with Gasteiger partial charge >= 0.3 is 0 Å². The topological polar surface area (TPSA) is 51.8 Å². The monoisotopic (exact) mass is 285 g/mol. The van der Waals surface area contributed by atoms with Crippen molar-refractivity contribution in [1.29, 1.82) is 0 Å². The first-order chi connectivity index (χ1) is 8.16. The highest BCUT2D eigenvalue weighted by atomic mass is 35.5. The van der Waals surface area contributed by atoms with E-state index >= 15 is 0 Å². The molecule has 0 spiro atoms. The number of hydrogen-bond acceptors (Lipinski definition) is 5. The maximum Gasteiger partial charge on any atom is 0.174 e. The van der Waals surface area contributed by atoms with E-state index in [0.717, 1.165) is 14.9 Å². The van der Waals surface area contributed by atoms with Gasteiger partial charge in [-0.1, -0.05) is 46.8 Å². The minimum absolute atomic E-state index is 0.0161. The molecule has 0 fully saturated rings. The maximum atomic E-state index is 6.03. The molecule has 0 aliphatic carbocycles. The summed E-state index contributed by atoms with van der Waals surface area (Å²) in [5.74, 6) is 0. The van der Waals surface area contributed by atoms with Crippen LogP contribution in [-0.4, -0.2) is 16.2 Å². The molecule has 2 rings (SSSR count). The Labute approximate surface area is 113 Å². The second kappa shape index (κ2) is 5.82. The predicted molar refractivity (Wildman–Crippen MR) is 73.6 cm³/mol. The molecule has 2 atom stereocenters. The fourth-order valence-electron chi connectivity index (χ4n) is 1.49. The average molecular weight is 286 g/mol. The van der Waals surface area contributed by atoms with Crippen molar-refractivity contribution >= 4 is 34.7 Å². The van der Waals surface area contributed by atoms with Gasteiger partial charge in [-0.15, -0.1) is 10.2 Å². The molecular weight excluding hydrogens is 274 g/mol. The van der Waals surface area contributed by atoms with Crippen molar-refractivity contribution in [3.05, 3.63) is 40.4 Å². The minimum Gasteiger partial charge on any atom is -0.327 e. The third-order valence-corrected chi connectivity index (χ3v) is 4.76. The number of halogens is 1. The van der Waals surface area contributed by atoms with Gasteiger partial charge in [-0.2, -0.15) is 0 Å². The molecule has 1 aromatic carbocycles. The SMILES string of the molecule is CC(N)C(Sc1nncs1)c1cccc(Cl)c1. The lowest BCUT2D eigenvalue weighted by Crippen LogP contribution is -2.22. The van der Waals surface area contributed by atoms with Crippen LogP contribution in [0.5, 0.6) is 0 Å². The lowest BCUT2D eigenvalue weighted by Gasteiger charge is -2.19. The van der Waals surface area contributed by atoms with Gasteiger partial charge in [-0.25, -0.2) is 0 Å². The van der Waals surface area contributed by atoms with Gasteiger partial charge in [0.1, 0.15) is 5.51 Å². The second-order valence-electron chi connectivity index (χ2n) is 3.66.